The van der Waals surface area contributed by atoms with E-state index in [1.165, 1.54) is 62.9 Å². The third kappa shape index (κ3) is 6.42. The van der Waals surface area contributed by atoms with Gasteiger partial charge in [-0.15, -0.1) is 5.10 Å². The molecule has 1 heterocycles. The molecule has 0 aliphatic heterocycles. The molecule has 0 fully saturated rings. The fraction of sp³-hybridized carbons (Fsp3) is 0.846. The summed E-state index contributed by atoms with van der Waals surface area (Å²) in [4.78, 5) is 0. The van der Waals surface area contributed by atoms with Crippen molar-refractivity contribution in [3.8, 4) is 0 Å². The van der Waals surface area contributed by atoms with Crippen LogP contribution >= 0.6 is 11.5 Å². The van der Waals surface area contributed by atoms with E-state index in [0.717, 1.165) is 12.1 Å². The monoisotopic (exact) mass is 270 g/mol. The number of nitrogens with two attached hydrogens (primary N) is 1. The Balaban J connectivity index is 1.99. The Hall–Kier alpha value is -0.520. The summed E-state index contributed by atoms with van der Waals surface area (Å²) in [6.07, 6.45) is 11.8. The van der Waals surface area contributed by atoms with Crippen LogP contribution in [-0.4, -0.2) is 9.59 Å². The van der Waals surface area contributed by atoms with Gasteiger partial charge in [-0.25, -0.2) is 0 Å². The van der Waals surface area contributed by atoms with Gasteiger partial charge in [0.1, 0.15) is 0 Å². The van der Waals surface area contributed by atoms with E-state index in [1.807, 2.05) is 5.38 Å². The number of aromatic nitrogens is 2. The van der Waals surface area contributed by atoms with Crippen molar-refractivity contribution < 1.29 is 0 Å². The second-order valence-corrected chi connectivity index (χ2v) is 5.42. The van der Waals surface area contributed by atoms with Crippen molar-refractivity contribution in [2.75, 3.05) is 0 Å². The molecule has 0 spiro atoms. The van der Waals surface area contributed by atoms with E-state index in [2.05, 4.69) is 21.9 Å². The second kappa shape index (κ2) is 10.4. The van der Waals surface area contributed by atoms with Crippen LogP contribution in [0.2, 0.25) is 0 Å². The minimum absolute atomic E-state index is 0.170. The summed E-state index contributed by atoms with van der Waals surface area (Å²) in [5.74, 6) is 5.55. The number of nitrogens with zero attached hydrogens (tertiary/aromatic N) is 2. The summed E-state index contributed by atoms with van der Waals surface area (Å²) in [5.41, 5.74) is 3.80. The first kappa shape index (κ1) is 15.5. The van der Waals surface area contributed by atoms with Crippen LogP contribution in [0.1, 0.15) is 76.4 Å². The van der Waals surface area contributed by atoms with E-state index < -0.39 is 0 Å². The highest BCUT2D eigenvalue weighted by atomic mass is 32.1. The Morgan fingerprint density at radius 1 is 1.17 bits per heavy atom. The molecule has 1 rings (SSSR count). The summed E-state index contributed by atoms with van der Waals surface area (Å²) in [7, 11) is 0. The summed E-state index contributed by atoms with van der Waals surface area (Å²) < 4.78 is 3.87. The summed E-state index contributed by atoms with van der Waals surface area (Å²) in [6, 6.07) is 0.170. The zero-order valence-corrected chi connectivity index (χ0v) is 12.2. The lowest BCUT2D eigenvalue weighted by Gasteiger charge is -2.12. The Kier molecular flexibility index (Phi) is 8.98. The predicted molar refractivity (Wildman–Crippen MR) is 77.2 cm³/mol. The topological polar surface area (TPSA) is 63.8 Å². The fourth-order valence-electron chi connectivity index (χ4n) is 2.12. The summed E-state index contributed by atoms with van der Waals surface area (Å²) in [6.45, 7) is 2.26. The van der Waals surface area contributed by atoms with Crippen molar-refractivity contribution in [1.29, 1.82) is 0 Å². The minimum atomic E-state index is 0.170. The third-order valence-corrected chi connectivity index (χ3v) is 3.80. The molecule has 1 aromatic heterocycles. The number of nitrogens with one attached hydrogen (secondary N) is 1. The number of unbranched alkanes of at least 4 members (excludes halogenated alkanes) is 7. The normalized spacial score (nSPS) is 12.8. The van der Waals surface area contributed by atoms with Crippen molar-refractivity contribution in [3.63, 3.8) is 0 Å². The lowest BCUT2D eigenvalue weighted by Crippen LogP contribution is -2.28. The maximum Gasteiger partial charge on any atom is 0.0938 e. The van der Waals surface area contributed by atoms with E-state index in [4.69, 9.17) is 5.84 Å². The number of hydrazine groups is 1. The first-order chi connectivity index (χ1) is 8.88. The molecule has 3 N–H and O–H groups in total. The highest BCUT2D eigenvalue weighted by Gasteiger charge is 2.11. The molecule has 1 aromatic rings. The Morgan fingerprint density at radius 3 is 2.39 bits per heavy atom. The predicted octanol–water partition coefficient (Wildman–Crippen LogP) is 3.57. The summed E-state index contributed by atoms with van der Waals surface area (Å²) >= 11 is 1.38. The maximum absolute atomic E-state index is 5.55. The van der Waals surface area contributed by atoms with E-state index in [9.17, 15) is 0 Å². The Bertz CT molecular complexity index is 277. The summed E-state index contributed by atoms with van der Waals surface area (Å²) in [5, 5.41) is 6.03. The smallest absolute Gasteiger partial charge is 0.0938 e. The van der Waals surface area contributed by atoms with Crippen LogP contribution < -0.4 is 11.3 Å². The van der Waals surface area contributed by atoms with Crippen LogP contribution in [0.4, 0.5) is 0 Å². The molecule has 0 aliphatic rings. The minimum Gasteiger partial charge on any atom is -0.271 e. The van der Waals surface area contributed by atoms with Crippen LogP contribution in [0.15, 0.2) is 5.38 Å². The van der Waals surface area contributed by atoms with Crippen molar-refractivity contribution in [1.82, 2.24) is 15.0 Å². The van der Waals surface area contributed by atoms with Crippen LogP contribution in [0, 0.1) is 0 Å². The molecule has 0 amide bonds. The van der Waals surface area contributed by atoms with Gasteiger partial charge in [0.2, 0.25) is 0 Å². The van der Waals surface area contributed by atoms with Crippen molar-refractivity contribution in [2.24, 2.45) is 5.84 Å². The Labute approximate surface area is 114 Å². The lowest BCUT2D eigenvalue weighted by molar-refractivity contribution is 0.466. The molecule has 1 unspecified atom stereocenters. The van der Waals surface area contributed by atoms with Gasteiger partial charge in [0, 0.05) is 5.38 Å². The highest BCUT2D eigenvalue weighted by molar-refractivity contribution is 7.03. The molecular formula is C13H26N4S. The van der Waals surface area contributed by atoms with E-state index in [-0.39, 0.29) is 6.04 Å². The average Bonchev–Trinajstić information content (AvgIpc) is 2.91. The van der Waals surface area contributed by atoms with Crippen molar-refractivity contribution in [3.05, 3.63) is 11.1 Å². The molecule has 0 aromatic carbocycles. The third-order valence-electron chi connectivity index (χ3n) is 3.28. The molecular weight excluding hydrogens is 244 g/mol. The van der Waals surface area contributed by atoms with Crippen LogP contribution in [0.5, 0.6) is 0 Å². The molecule has 0 bridgehead atoms. The maximum atomic E-state index is 5.55. The van der Waals surface area contributed by atoms with Gasteiger partial charge in [0.25, 0.3) is 0 Å². The molecule has 0 saturated carbocycles. The fourth-order valence-corrected chi connectivity index (χ4v) is 2.63. The second-order valence-electron chi connectivity index (χ2n) is 4.81. The van der Waals surface area contributed by atoms with Gasteiger partial charge < -0.3 is 0 Å². The molecule has 4 nitrogen and oxygen atoms in total. The van der Waals surface area contributed by atoms with Crippen molar-refractivity contribution in [2.45, 2.75) is 70.8 Å². The molecule has 1 atom stereocenters. The molecule has 0 radical (unpaired) electrons. The quantitative estimate of drug-likeness (QED) is 0.366. The van der Waals surface area contributed by atoms with Gasteiger partial charge in [-0.2, -0.15) is 0 Å². The highest BCUT2D eigenvalue weighted by Crippen LogP contribution is 2.18. The average molecular weight is 270 g/mol. The molecule has 18 heavy (non-hydrogen) atoms. The zero-order valence-electron chi connectivity index (χ0n) is 11.4. The zero-order chi connectivity index (χ0) is 13.1. The number of hydrogen-bond donors (Lipinski definition) is 2. The molecule has 0 saturated heterocycles. The van der Waals surface area contributed by atoms with Gasteiger partial charge in [-0.3, -0.25) is 11.3 Å². The number of rotatable bonds is 11. The van der Waals surface area contributed by atoms with Crippen LogP contribution in [0.3, 0.4) is 0 Å². The van der Waals surface area contributed by atoms with Crippen LogP contribution in [0.25, 0.3) is 0 Å². The first-order valence-corrected chi connectivity index (χ1v) is 7.95. The first-order valence-electron chi connectivity index (χ1n) is 7.11. The molecule has 104 valence electrons. The molecule has 0 aliphatic carbocycles. The van der Waals surface area contributed by atoms with Crippen molar-refractivity contribution >= 4 is 11.5 Å². The largest absolute Gasteiger partial charge is 0.271 e. The van der Waals surface area contributed by atoms with Crippen LogP contribution in [-0.2, 0) is 0 Å². The number of hydrogen-bond acceptors (Lipinski definition) is 5. The van der Waals surface area contributed by atoms with E-state index in [0.29, 0.717) is 0 Å². The van der Waals surface area contributed by atoms with Gasteiger partial charge in [0.05, 0.1) is 11.7 Å². The van der Waals surface area contributed by atoms with E-state index >= 15 is 0 Å². The van der Waals surface area contributed by atoms with Gasteiger partial charge in [-0.1, -0.05) is 62.8 Å². The van der Waals surface area contributed by atoms with Gasteiger partial charge in [0.15, 0.2) is 0 Å². The Morgan fingerprint density at radius 2 is 1.83 bits per heavy atom. The SMILES string of the molecule is CCCCCCCCCCC(NN)c1csnn1. The molecule has 5 heteroatoms. The van der Waals surface area contributed by atoms with Gasteiger partial charge >= 0.3 is 0 Å². The lowest BCUT2D eigenvalue weighted by atomic mass is 10.0. The standard InChI is InChI=1S/C13H26N4S/c1-2-3-4-5-6-7-8-9-10-12(15-14)13-11-18-17-16-13/h11-12,15H,2-10,14H2,1H3. The van der Waals surface area contributed by atoms with Gasteiger partial charge in [-0.05, 0) is 18.0 Å². The van der Waals surface area contributed by atoms with E-state index in [1.54, 1.807) is 0 Å².